The number of phenolic OH excluding ortho intramolecular Hbond substituents is 1. The highest BCUT2D eigenvalue weighted by Crippen LogP contribution is 2.44. The lowest BCUT2D eigenvalue weighted by atomic mass is 10.1. The summed E-state index contributed by atoms with van der Waals surface area (Å²) in [4.78, 5) is 0.959. The quantitative estimate of drug-likeness (QED) is 0.224. The Bertz CT molecular complexity index is 810. The van der Waals surface area contributed by atoms with Gasteiger partial charge in [0.1, 0.15) is 5.75 Å². The van der Waals surface area contributed by atoms with E-state index in [0.29, 0.717) is 6.54 Å². The maximum atomic E-state index is 10.5. The zero-order chi connectivity index (χ0) is 21.2. The van der Waals surface area contributed by atoms with Crippen molar-refractivity contribution in [3.63, 3.8) is 0 Å². The van der Waals surface area contributed by atoms with Crippen LogP contribution in [0, 0.1) is 0 Å². The number of halogens is 1. The van der Waals surface area contributed by atoms with E-state index in [-0.39, 0.29) is 5.75 Å². The highest BCUT2D eigenvalue weighted by Gasteiger charge is 2.22. The summed E-state index contributed by atoms with van der Waals surface area (Å²) >= 11 is 9.71. The smallest absolute Gasteiger partial charge is 0.139 e. The van der Waals surface area contributed by atoms with E-state index in [0.717, 1.165) is 71.0 Å². The largest absolute Gasteiger partial charge is 0.506 e. The van der Waals surface area contributed by atoms with E-state index in [4.69, 9.17) is 11.6 Å². The molecule has 2 aromatic carbocycles. The number of aromatic hydroxyl groups is 1. The maximum absolute atomic E-state index is 10.5. The van der Waals surface area contributed by atoms with Gasteiger partial charge in [-0.05, 0) is 54.9 Å². The zero-order valence-corrected chi connectivity index (χ0v) is 19.4. The summed E-state index contributed by atoms with van der Waals surface area (Å²) in [7, 11) is 0. The van der Waals surface area contributed by atoms with E-state index in [9.17, 15) is 10.2 Å². The highest BCUT2D eigenvalue weighted by atomic mass is 35.5. The lowest BCUT2D eigenvalue weighted by molar-refractivity contribution is 0.173. The Labute approximate surface area is 192 Å². The minimum Gasteiger partial charge on any atom is -0.506 e. The van der Waals surface area contributed by atoms with Crippen LogP contribution in [0.2, 0.25) is 5.02 Å². The predicted octanol–water partition coefficient (Wildman–Crippen LogP) is 4.10. The van der Waals surface area contributed by atoms with E-state index >= 15 is 0 Å². The number of nitrogens with one attached hydrogen (secondary N) is 3. The van der Waals surface area contributed by atoms with Gasteiger partial charge >= 0.3 is 0 Å². The lowest BCUT2D eigenvalue weighted by Crippen LogP contribution is -2.24. The van der Waals surface area contributed by atoms with E-state index < -0.39 is 6.10 Å². The van der Waals surface area contributed by atoms with Crippen molar-refractivity contribution in [2.75, 3.05) is 48.9 Å². The van der Waals surface area contributed by atoms with Crippen molar-refractivity contribution in [1.82, 2.24) is 10.6 Å². The number of hydrogen-bond acceptors (Lipinski definition) is 7. The second-order valence-corrected chi connectivity index (χ2v) is 9.74. The van der Waals surface area contributed by atoms with E-state index in [1.54, 1.807) is 17.8 Å². The molecule has 0 spiro atoms. The Morgan fingerprint density at radius 2 is 1.97 bits per heavy atom. The van der Waals surface area contributed by atoms with Crippen LogP contribution >= 0.6 is 35.1 Å². The molecule has 1 aliphatic heterocycles. The number of thioether (sulfide) groups is 2. The van der Waals surface area contributed by atoms with Gasteiger partial charge in [0.2, 0.25) is 0 Å². The van der Waals surface area contributed by atoms with Gasteiger partial charge < -0.3 is 26.2 Å². The Morgan fingerprint density at radius 1 is 1.10 bits per heavy atom. The van der Waals surface area contributed by atoms with Gasteiger partial charge in [0.25, 0.3) is 0 Å². The average Bonchev–Trinajstić information content (AvgIpc) is 3.24. The lowest BCUT2D eigenvalue weighted by Gasteiger charge is -2.15. The van der Waals surface area contributed by atoms with Gasteiger partial charge in [-0.15, -0.1) is 11.8 Å². The zero-order valence-electron chi connectivity index (χ0n) is 17.0. The fourth-order valence-corrected chi connectivity index (χ4v) is 5.43. The minimum absolute atomic E-state index is 0.244. The molecule has 30 heavy (non-hydrogen) atoms. The summed E-state index contributed by atoms with van der Waals surface area (Å²) in [6.45, 7) is 3.35. The summed E-state index contributed by atoms with van der Waals surface area (Å²) in [6, 6.07) is 11.5. The molecule has 1 heterocycles. The summed E-state index contributed by atoms with van der Waals surface area (Å²) < 4.78 is 0. The first-order valence-corrected chi connectivity index (χ1v) is 12.8. The Morgan fingerprint density at radius 3 is 2.83 bits per heavy atom. The van der Waals surface area contributed by atoms with Gasteiger partial charge in [0, 0.05) is 28.8 Å². The van der Waals surface area contributed by atoms with Crippen molar-refractivity contribution in [3.8, 4) is 5.75 Å². The molecule has 2 aromatic rings. The number of anilines is 1. The molecule has 0 fully saturated rings. The number of fused-ring (bicyclic) bond motifs is 1. The number of phenols is 1. The summed E-state index contributed by atoms with van der Waals surface area (Å²) in [6.07, 6.45) is 1.52. The SMILES string of the molecule is Oc1ccc(C(O)CNCCSCCCNCCc2ccccc2Cl)c2c1NCS2. The molecule has 1 unspecified atom stereocenters. The molecule has 0 aliphatic carbocycles. The van der Waals surface area contributed by atoms with Crippen LogP contribution in [0.1, 0.15) is 23.7 Å². The van der Waals surface area contributed by atoms with Crippen molar-refractivity contribution in [2.45, 2.75) is 23.8 Å². The van der Waals surface area contributed by atoms with Crippen LogP contribution in [0.25, 0.3) is 0 Å². The molecule has 1 aliphatic rings. The van der Waals surface area contributed by atoms with Gasteiger partial charge in [0.05, 0.1) is 17.7 Å². The first kappa shape index (κ1) is 23.6. The fourth-order valence-electron chi connectivity index (χ4n) is 3.30. The molecule has 0 radical (unpaired) electrons. The summed E-state index contributed by atoms with van der Waals surface area (Å²) in [5.41, 5.74) is 2.81. The molecular weight excluding hydrogens is 438 g/mol. The van der Waals surface area contributed by atoms with Crippen LogP contribution in [-0.2, 0) is 6.42 Å². The van der Waals surface area contributed by atoms with Gasteiger partial charge in [0.15, 0.2) is 0 Å². The molecule has 1 atom stereocenters. The predicted molar refractivity (Wildman–Crippen MR) is 130 cm³/mol. The molecule has 5 N–H and O–H groups in total. The van der Waals surface area contributed by atoms with Crippen LogP contribution in [0.4, 0.5) is 5.69 Å². The third kappa shape index (κ3) is 6.97. The molecule has 5 nitrogen and oxygen atoms in total. The van der Waals surface area contributed by atoms with Crippen molar-refractivity contribution in [1.29, 1.82) is 0 Å². The van der Waals surface area contributed by atoms with Crippen molar-refractivity contribution in [3.05, 3.63) is 52.5 Å². The van der Waals surface area contributed by atoms with Gasteiger partial charge in [-0.25, -0.2) is 0 Å². The standard InChI is InChI=1S/C22H30ClN3O2S2/c23-18-5-2-1-4-16(18)8-10-24-9-3-12-29-13-11-25-14-20(28)17-6-7-19(27)21-22(17)30-15-26-21/h1-2,4-7,20,24-28H,3,8-15H2. The summed E-state index contributed by atoms with van der Waals surface area (Å²) in [5, 5.41) is 31.2. The van der Waals surface area contributed by atoms with Gasteiger partial charge in [-0.3, -0.25) is 0 Å². The average molecular weight is 468 g/mol. The molecule has 164 valence electrons. The first-order chi connectivity index (χ1) is 14.7. The van der Waals surface area contributed by atoms with Crippen LogP contribution < -0.4 is 16.0 Å². The van der Waals surface area contributed by atoms with Gasteiger partial charge in [-0.1, -0.05) is 35.9 Å². The second-order valence-electron chi connectivity index (χ2n) is 7.12. The van der Waals surface area contributed by atoms with Gasteiger partial charge in [-0.2, -0.15) is 11.8 Å². The Kier molecular flexibility index (Phi) is 9.97. The van der Waals surface area contributed by atoms with Crippen molar-refractivity contribution in [2.24, 2.45) is 0 Å². The molecule has 0 saturated heterocycles. The van der Waals surface area contributed by atoms with E-state index in [1.165, 1.54) is 5.56 Å². The Balaban J connectivity index is 1.20. The van der Waals surface area contributed by atoms with Crippen LogP contribution in [0.3, 0.4) is 0 Å². The third-order valence-corrected chi connectivity index (χ3v) is 7.38. The number of hydrogen-bond donors (Lipinski definition) is 5. The number of rotatable bonds is 13. The molecule has 3 rings (SSSR count). The number of aliphatic hydroxyl groups excluding tert-OH is 1. The molecule has 0 amide bonds. The topological polar surface area (TPSA) is 76.5 Å². The van der Waals surface area contributed by atoms with Crippen LogP contribution in [0.15, 0.2) is 41.3 Å². The van der Waals surface area contributed by atoms with Crippen LogP contribution in [-0.4, -0.2) is 53.8 Å². The van der Waals surface area contributed by atoms with Crippen molar-refractivity contribution < 1.29 is 10.2 Å². The molecule has 0 aromatic heterocycles. The summed E-state index contributed by atoms with van der Waals surface area (Å²) in [5.74, 6) is 3.12. The molecule has 0 saturated carbocycles. The van der Waals surface area contributed by atoms with Crippen molar-refractivity contribution >= 4 is 40.8 Å². The molecular formula is C22H30ClN3O2S2. The first-order valence-electron chi connectivity index (χ1n) is 10.3. The monoisotopic (exact) mass is 467 g/mol. The Hall–Kier alpha value is -1.09. The normalized spacial score (nSPS) is 13.8. The van der Waals surface area contributed by atoms with E-state index in [1.807, 2.05) is 36.0 Å². The number of aliphatic hydroxyl groups is 1. The molecule has 0 bridgehead atoms. The molecule has 8 heteroatoms. The maximum Gasteiger partial charge on any atom is 0.139 e. The highest BCUT2D eigenvalue weighted by molar-refractivity contribution is 8.00. The fraction of sp³-hybridized carbons (Fsp3) is 0.455. The van der Waals surface area contributed by atoms with Crippen LogP contribution in [0.5, 0.6) is 5.75 Å². The van der Waals surface area contributed by atoms with E-state index in [2.05, 4.69) is 22.0 Å². The number of benzene rings is 2. The second kappa shape index (κ2) is 12.7. The minimum atomic E-state index is -0.570. The third-order valence-electron chi connectivity index (χ3n) is 4.92.